The summed E-state index contributed by atoms with van der Waals surface area (Å²) in [6.45, 7) is 7.50. The average molecular weight is 270 g/mol. The molecule has 0 atom stereocenters. The molecule has 1 saturated heterocycles. The Morgan fingerprint density at radius 3 is 2.68 bits per heavy atom. The second kappa shape index (κ2) is 11.2. The number of amides is 1. The van der Waals surface area contributed by atoms with Gasteiger partial charge in [0.1, 0.15) is 6.61 Å². The third-order valence-corrected chi connectivity index (χ3v) is 3.50. The summed E-state index contributed by atoms with van der Waals surface area (Å²) < 4.78 is 5.18. The predicted molar refractivity (Wildman–Crippen MR) is 78.3 cm³/mol. The molecule has 4 nitrogen and oxygen atoms in total. The summed E-state index contributed by atoms with van der Waals surface area (Å²) in [5.74, 6) is 0.0180. The Balaban J connectivity index is 1.83. The highest BCUT2D eigenvalue weighted by atomic mass is 16.5. The van der Waals surface area contributed by atoms with Crippen molar-refractivity contribution in [1.82, 2.24) is 10.2 Å². The second-order valence-corrected chi connectivity index (χ2v) is 5.37. The first kappa shape index (κ1) is 16.4. The smallest absolute Gasteiger partial charge is 0.245 e. The Morgan fingerprint density at radius 2 is 1.95 bits per heavy atom. The van der Waals surface area contributed by atoms with Crippen LogP contribution in [0.25, 0.3) is 0 Å². The van der Waals surface area contributed by atoms with E-state index in [9.17, 15) is 4.79 Å². The Labute approximate surface area is 117 Å². The zero-order chi connectivity index (χ0) is 13.8. The van der Waals surface area contributed by atoms with Gasteiger partial charge in [-0.2, -0.15) is 0 Å². The van der Waals surface area contributed by atoms with Crippen LogP contribution in [-0.4, -0.2) is 50.2 Å². The lowest BCUT2D eigenvalue weighted by molar-refractivity contribution is -0.125. The first-order chi connectivity index (χ1) is 9.33. The van der Waals surface area contributed by atoms with E-state index in [1.807, 2.05) is 6.92 Å². The summed E-state index contributed by atoms with van der Waals surface area (Å²) >= 11 is 0. The number of carbonyl (C=O) groups excluding carboxylic acids is 1. The molecule has 1 rings (SSSR count). The number of hydrogen-bond donors (Lipinski definition) is 1. The molecule has 0 unspecified atom stereocenters. The monoisotopic (exact) mass is 270 g/mol. The molecule has 0 aromatic rings. The quantitative estimate of drug-likeness (QED) is 0.619. The number of piperidine rings is 1. The Hall–Kier alpha value is -0.610. The summed E-state index contributed by atoms with van der Waals surface area (Å²) in [5.41, 5.74) is 0. The van der Waals surface area contributed by atoms with E-state index in [4.69, 9.17) is 4.74 Å². The van der Waals surface area contributed by atoms with Crippen molar-refractivity contribution in [3.63, 3.8) is 0 Å². The molecular weight excluding hydrogens is 240 g/mol. The molecule has 0 aromatic carbocycles. The van der Waals surface area contributed by atoms with Crippen molar-refractivity contribution >= 4 is 5.91 Å². The van der Waals surface area contributed by atoms with Crippen molar-refractivity contribution < 1.29 is 9.53 Å². The summed E-state index contributed by atoms with van der Waals surface area (Å²) in [5, 5.41) is 2.90. The number of nitrogens with one attached hydrogen (secondary N) is 1. The standard InChI is InChI=1S/C15H30N2O2/c1-2-13-19-14-15(18)16-9-5-3-6-10-17-11-7-4-8-12-17/h2-14H2,1H3,(H,16,18). The Kier molecular flexibility index (Phi) is 9.72. The van der Waals surface area contributed by atoms with Crippen LogP contribution >= 0.6 is 0 Å². The molecule has 0 aliphatic carbocycles. The molecule has 1 amide bonds. The van der Waals surface area contributed by atoms with Crippen LogP contribution in [0.4, 0.5) is 0 Å². The number of hydrogen-bond acceptors (Lipinski definition) is 3. The minimum atomic E-state index is 0.0180. The van der Waals surface area contributed by atoms with Crippen molar-refractivity contribution in [3.05, 3.63) is 0 Å². The van der Waals surface area contributed by atoms with Gasteiger partial charge >= 0.3 is 0 Å². The highest BCUT2D eigenvalue weighted by Crippen LogP contribution is 2.09. The first-order valence-electron chi connectivity index (χ1n) is 7.89. The maximum atomic E-state index is 11.4. The number of nitrogens with zero attached hydrogens (tertiary/aromatic N) is 1. The van der Waals surface area contributed by atoms with E-state index in [2.05, 4.69) is 10.2 Å². The van der Waals surface area contributed by atoms with E-state index in [0.717, 1.165) is 19.4 Å². The van der Waals surface area contributed by atoms with E-state index in [-0.39, 0.29) is 12.5 Å². The van der Waals surface area contributed by atoms with Gasteiger partial charge in [-0.25, -0.2) is 0 Å². The minimum Gasteiger partial charge on any atom is -0.372 e. The van der Waals surface area contributed by atoms with Crippen LogP contribution in [0.2, 0.25) is 0 Å². The van der Waals surface area contributed by atoms with Crippen LogP contribution in [0.3, 0.4) is 0 Å². The number of likely N-dealkylation sites (tertiary alicyclic amines) is 1. The van der Waals surface area contributed by atoms with Gasteiger partial charge in [0.05, 0.1) is 0 Å². The Bertz CT molecular complexity index is 228. The molecular formula is C15H30N2O2. The van der Waals surface area contributed by atoms with Crippen LogP contribution in [0, 0.1) is 0 Å². The topological polar surface area (TPSA) is 41.6 Å². The molecule has 1 aliphatic rings. The lowest BCUT2D eigenvalue weighted by Gasteiger charge is -2.26. The predicted octanol–water partition coefficient (Wildman–Crippen LogP) is 2.19. The summed E-state index contributed by atoms with van der Waals surface area (Å²) in [7, 11) is 0. The number of ether oxygens (including phenoxy) is 1. The molecule has 4 heteroatoms. The van der Waals surface area contributed by atoms with Crippen LogP contribution in [0.15, 0.2) is 0 Å². The molecule has 0 radical (unpaired) electrons. The van der Waals surface area contributed by atoms with E-state index in [0.29, 0.717) is 6.61 Å². The zero-order valence-corrected chi connectivity index (χ0v) is 12.5. The molecule has 1 N–H and O–H groups in total. The molecule has 0 bridgehead atoms. The van der Waals surface area contributed by atoms with E-state index in [1.165, 1.54) is 51.7 Å². The number of carbonyl (C=O) groups is 1. The van der Waals surface area contributed by atoms with Crippen molar-refractivity contribution in [3.8, 4) is 0 Å². The van der Waals surface area contributed by atoms with Crippen LogP contribution in [-0.2, 0) is 9.53 Å². The van der Waals surface area contributed by atoms with Gasteiger partial charge in [0, 0.05) is 13.2 Å². The van der Waals surface area contributed by atoms with Crippen molar-refractivity contribution in [2.75, 3.05) is 39.4 Å². The molecule has 112 valence electrons. The molecule has 0 spiro atoms. The zero-order valence-electron chi connectivity index (χ0n) is 12.5. The van der Waals surface area contributed by atoms with Gasteiger partial charge < -0.3 is 15.0 Å². The van der Waals surface area contributed by atoms with Crippen LogP contribution in [0.5, 0.6) is 0 Å². The van der Waals surface area contributed by atoms with Gasteiger partial charge in [-0.05, 0) is 51.7 Å². The van der Waals surface area contributed by atoms with Gasteiger partial charge in [0.2, 0.25) is 5.91 Å². The van der Waals surface area contributed by atoms with Gasteiger partial charge in [-0.3, -0.25) is 4.79 Å². The lowest BCUT2D eigenvalue weighted by atomic mass is 10.1. The van der Waals surface area contributed by atoms with E-state index >= 15 is 0 Å². The molecule has 0 saturated carbocycles. The third kappa shape index (κ3) is 9.00. The van der Waals surface area contributed by atoms with Gasteiger partial charge in [0.15, 0.2) is 0 Å². The van der Waals surface area contributed by atoms with E-state index in [1.54, 1.807) is 0 Å². The fourth-order valence-corrected chi connectivity index (χ4v) is 2.41. The molecule has 0 aromatic heterocycles. The number of rotatable bonds is 10. The maximum Gasteiger partial charge on any atom is 0.245 e. The average Bonchev–Trinajstić information content (AvgIpc) is 2.44. The molecule has 1 fully saturated rings. The summed E-state index contributed by atoms with van der Waals surface area (Å²) in [4.78, 5) is 13.9. The molecule has 1 heterocycles. The lowest BCUT2D eigenvalue weighted by Crippen LogP contribution is -2.31. The maximum absolute atomic E-state index is 11.4. The Morgan fingerprint density at radius 1 is 1.16 bits per heavy atom. The van der Waals surface area contributed by atoms with Gasteiger partial charge in [0.25, 0.3) is 0 Å². The van der Waals surface area contributed by atoms with Crippen molar-refractivity contribution in [2.24, 2.45) is 0 Å². The van der Waals surface area contributed by atoms with E-state index < -0.39 is 0 Å². The third-order valence-electron chi connectivity index (χ3n) is 3.50. The van der Waals surface area contributed by atoms with Crippen LogP contribution in [0.1, 0.15) is 51.9 Å². The largest absolute Gasteiger partial charge is 0.372 e. The SMILES string of the molecule is CCCOCC(=O)NCCCCCN1CCCCC1. The summed E-state index contributed by atoms with van der Waals surface area (Å²) in [6, 6.07) is 0. The highest BCUT2D eigenvalue weighted by Gasteiger charge is 2.08. The van der Waals surface area contributed by atoms with Crippen LogP contribution < -0.4 is 5.32 Å². The highest BCUT2D eigenvalue weighted by molar-refractivity contribution is 5.77. The summed E-state index contributed by atoms with van der Waals surface area (Å²) in [6.07, 6.45) is 8.64. The first-order valence-corrected chi connectivity index (χ1v) is 7.89. The normalized spacial score (nSPS) is 16.5. The van der Waals surface area contributed by atoms with Crippen molar-refractivity contribution in [1.29, 1.82) is 0 Å². The van der Waals surface area contributed by atoms with Crippen molar-refractivity contribution in [2.45, 2.75) is 51.9 Å². The second-order valence-electron chi connectivity index (χ2n) is 5.37. The minimum absolute atomic E-state index is 0.0180. The van der Waals surface area contributed by atoms with Gasteiger partial charge in [-0.1, -0.05) is 19.8 Å². The molecule has 19 heavy (non-hydrogen) atoms. The number of unbranched alkanes of at least 4 members (excludes halogenated alkanes) is 2. The molecule has 1 aliphatic heterocycles. The fraction of sp³-hybridized carbons (Fsp3) is 0.933. The fourth-order valence-electron chi connectivity index (χ4n) is 2.41. The van der Waals surface area contributed by atoms with Gasteiger partial charge in [-0.15, -0.1) is 0 Å².